The van der Waals surface area contributed by atoms with E-state index in [2.05, 4.69) is 5.32 Å². The number of aryl methyl sites for hydroxylation is 1. The van der Waals surface area contributed by atoms with E-state index in [-0.39, 0.29) is 0 Å². The molecule has 0 aromatic heterocycles. The zero-order valence-electron chi connectivity index (χ0n) is 12.0. The second-order valence-corrected chi connectivity index (χ2v) is 5.74. The number of rotatable bonds is 10. The molecule has 6 heteroatoms. The Labute approximate surface area is 128 Å². The Kier molecular flexibility index (Phi) is 7.85. The van der Waals surface area contributed by atoms with E-state index in [9.17, 15) is 14.7 Å². The number of hydrogen-bond acceptors (Lipinski definition) is 4. The van der Waals surface area contributed by atoms with E-state index >= 15 is 0 Å². The van der Waals surface area contributed by atoms with Crippen LogP contribution in [0.2, 0.25) is 0 Å². The van der Waals surface area contributed by atoms with E-state index < -0.39 is 24.0 Å². The lowest BCUT2D eigenvalue weighted by atomic mass is 10.0. The number of carboxylic acid groups (broad SMARTS) is 2. The first kappa shape index (κ1) is 17.5. The minimum Gasteiger partial charge on any atom is -0.480 e. The van der Waals surface area contributed by atoms with E-state index in [0.29, 0.717) is 25.0 Å². The van der Waals surface area contributed by atoms with Crippen molar-refractivity contribution in [2.75, 3.05) is 12.0 Å². The van der Waals surface area contributed by atoms with Crippen molar-refractivity contribution in [1.82, 2.24) is 5.32 Å². The SMILES string of the molecule is CSCCC(NC(CCc1ccccc1)C(=O)O)C(=O)O. The number of hydrogen-bond donors (Lipinski definition) is 3. The number of benzene rings is 1. The third-order valence-electron chi connectivity index (χ3n) is 3.17. The van der Waals surface area contributed by atoms with Crippen LogP contribution in [0, 0.1) is 0 Å². The lowest BCUT2D eigenvalue weighted by molar-refractivity contribution is -0.142. The standard InChI is InChI=1S/C15H21NO4S/c1-21-10-9-13(15(19)20)16-12(14(17)18)8-7-11-5-3-2-4-6-11/h2-6,12-13,16H,7-10H2,1H3,(H,17,18)(H,19,20). The fraction of sp³-hybridized carbons (Fsp3) is 0.467. The van der Waals surface area contributed by atoms with Crippen molar-refractivity contribution in [2.24, 2.45) is 0 Å². The Morgan fingerprint density at radius 2 is 1.67 bits per heavy atom. The molecule has 1 aromatic carbocycles. The fourth-order valence-electron chi connectivity index (χ4n) is 1.99. The highest BCUT2D eigenvalue weighted by molar-refractivity contribution is 7.98. The first-order valence-electron chi connectivity index (χ1n) is 6.79. The highest BCUT2D eigenvalue weighted by Crippen LogP contribution is 2.08. The van der Waals surface area contributed by atoms with Gasteiger partial charge in [-0.1, -0.05) is 30.3 Å². The average molecular weight is 311 g/mol. The Morgan fingerprint density at radius 1 is 1.10 bits per heavy atom. The topological polar surface area (TPSA) is 86.6 Å². The summed E-state index contributed by atoms with van der Waals surface area (Å²) < 4.78 is 0. The van der Waals surface area contributed by atoms with Crippen LogP contribution in [0.4, 0.5) is 0 Å². The van der Waals surface area contributed by atoms with Crippen molar-refractivity contribution in [1.29, 1.82) is 0 Å². The number of carboxylic acids is 2. The Bertz CT molecular complexity index is 452. The maximum Gasteiger partial charge on any atom is 0.320 e. The van der Waals surface area contributed by atoms with Crippen LogP contribution in [0.1, 0.15) is 18.4 Å². The van der Waals surface area contributed by atoms with Crippen LogP contribution in [0.3, 0.4) is 0 Å². The van der Waals surface area contributed by atoms with Gasteiger partial charge in [0.1, 0.15) is 12.1 Å². The lowest BCUT2D eigenvalue weighted by Crippen LogP contribution is -2.47. The van der Waals surface area contributed by atoms with Gasteiger partial charge in [-0.15, -0.1) is 0 Å². The van der Waals surface area contributed by atoms with Gasteiger partial charge < -0.3 is 10.2 Å². The number of thioether (sulfide) groups is 1. The summed E-state index contributed by atoms with van der Waals surface area (Å²) in [6.45, 7) is 0. The molecule has 1 aromatic rings. The second kappa shape index (κ2) is 9.41. The van der Waals surface area contributed by atoms with Gasteiger partial charge in [-0.2, -0.15) is 11.8 Å². The zero-order chi connectivity index (χ0) is 15.7. The summed E-state index contributed by atoms with van der Waals surface area (Å²) in [5, 5.41) is 21.1. The normalized spacial score (nSPS) is 13.6. The van der Waals surface area contributed by atoms with Gasteiger partial charge in [0, 0.05) is 0 Å². The van der Waals surface area contributed by atoms with E-state index in [1.165, 1.54) is 0 Å². The molecule has 0 saturated carbocycles. The summed E-state index contributed by atoms with van der Waals surface area (Å²) >= 11 is 1.54. The van der Waals surface area contributed by atoms with Crippen molar-refractivity contribution >= 4 is 23.7 Å². The van der Waals surface area contributed by atoms with E-state index in [1.54, 1.807) is 11.8 Å². The first-order valence-corrected chi connectivity index (χ1v) is 8.18. The largest absolute Gasteiger partial charge is 0.480 e. The molecule has 0 amide bonds. The van der Waals surface area contributed by atoms with Crippen molar-refractivity contribution < 1.29 is 19.8 Å². The van der Waals surface area contributed by atoms with Gasteiger partial charge in [0.05, 0.1) is 0 Å². The molecular weight excluding hydrogens is 290 g/mol. The highest BCUT2D eigenvalue weighted by Gasteiger charge is 2.25. The fourth-order valence-corrected chi connectivity index (χ4v) is 2.46. The zero-order valence-corrected chi connectivity index (χ0v) is 12.8. The minimum absolute atomic E-state index is 0.363. The average Bonchev–Trinajstić information content (AvgIpc) is 2.47. The highest BCUT2D eigenvalue weighted by atomic mass is 32.2. The Hall–Kier alpha value is -1.53. The maximum absolute atomic E-state index is 11.3. The molecule has 0 aliphatic carbocycles. The molecule has 0 aliphatic heterocycles. The molecule has 0 bridgehead atoms. The Balaban J connectivity index is 2.59. The van der Waals surface area contributed by atoms with Gasteiger partial charge in [-0.3, -0.25) is 14.9 Å². The summed E-state index contributed by atoms with van der Waals surface area (Å²) in [6.07, 6.45) is 3.26. The molecular formula is C15H21NO4S. The van der Waals surface area contributed by atoms with E-state index in [4.69, 9.17) is 5.11 Å². The molecule has 21 heavy (non-hydrogen) atoms. The van der Waals surface area contributed by atoms with Crippen molar-refractivity contribution in [2.45, 2.75) is 31.3 Å². The van der Waals surface area contributed by atoms with Gasteiger partial charge in [0.15, 0.2) is 0 Å². The maximum atomic E-state index is 11.3. The summed E-state index contributed by atoms with van der Waals surface area (Å²) in [5.41, 5.74) is 1.04. The van der Waals surface area contributed by atoms with E-state index in [0.717, 1.165) is 5.56 Å². The second-order valence-electron chi connectivity index (χ2n) is 4.75. The third kappa shape index (κ3) is 6.64. The molecule has 0 saturated heterocycles. The van der Waals surface area contributed by atoms with Crippen LogP contribution >= 0.6 is 11.8 Å². The van der Waals surface area contributed by atoms with Crippen molar-refractivity contribution in [3.8, 4) is 0 Å². The number of aliphatic carboxylic acids is 2. The van der Waals surface area contributed by atoms with Gasteiger partial charge in [0.25, 0.3) is 0 Å². The van der Waals surface area contributed by atoms with Crippen molar-refractivity contribution in [3.05, 3.63) is 35.9 Å². The number of carbonyl (C=O) groups is 2. The first-order chi connectivity index (χ1) is 10.0. The predicted octanol–water partition coefficient (Wildman–Crippen LogP) is 1.87. The van der Waals surface area contributed by atoms with Gasteiger partial charge in [0.2, 0.25) is 0 Å². The molecule has 0 heterocycles. The number of nitrogens with one attached hydrogen (secondary N) is 1. The van der Waals surface area contributed by atoms with Gasteiger partial charge >= 0.3 is 11.9 Å². The van der Waals surface area contributed by atoms with Crippen LogP contribution in [0.15, 0.2) is 30.3 Å². The van der Waals surface area contributed by atoms with Gasteiger partial charge in [-0.25, -0.2) is 0 Å². The molecule has 116 valence electrons. The molecule has 0 aliphatic rings. The summed E-state index contributed by atoms with van der Waals surface area (Å²) in [5.74, 6) is -1.34. The lowest BCUT2D eigenvalue weighted by Gasteiger charge is -2.20. The van der Waals surface area contributed by atoms with Crippen molar-refractivity contribution in [3.63, 3.8) is 0 Å². The van der Waals surface area contributed by atoms with Crippen LogP contribution in [-0.4, -0.2) is 46.2 Å². The molecule has 2 unspecified atom stereocenters. The molecule has 0 fully saturated rings. The predicted molar refractivity (Wildman–Crippen MR) is 83.7 cm³/mol. The molecule has 3 N–H and O–H groups in total. The minimum atomic E-state index is -1.01. The summed E-state index contributed by atoms with van der Waals surface area (Å²) in [7, 11) is 0. The molecule has 5 nitrogen and oxygen atoms in total. The van der Waals surface area contributed by atoms with E-state index in [1.807, 2.05) is 36.6 Å². The summed E-state index contributed by atoms with van der Waals surface area (Å²) in [6, 6.07) is 7.89. The molecule has 0 radical (unpaired) electrons. The quantitative estimate of drug-likeness (QED) is 0.611. The molecule has 0 spiro atoms. The van der Waals surface area contributed by atoms with Crippen LogP contribution < -0.4 is 5.32 Å². The van der Waals surface area contributed by atoms with Crippen LogP contribution in [0.25, 0.3) is 0 Å². The third-order valence-corrected chi connectivity index (χ3v) is 3.82. The monoisotopic (exact) mass is 311 g/mol. The van der Waals surface area contributed by atoms with Crippen LogP contribution in [0.5, 0.6) is 0 Å². The molecule has 2 atom stereocenters. The summed E-state index contributed by atoms with van der Waals surface area (Å²) in [4.78, 5) is 22.5. The smallest absolute Gasteiger partial charge is 0.320 e. The Morgan fingerprint density at radius 3 is 2.19 bits per heavy atom. The molecule has 1 rings (SSSR count). The van der Waals surface area contributed by atoms with Gasteiger partial charge in [-0.05, 0) is 36.8 Å². The van der Waals surface area contributed by atoms with Crippen LogP contribution in [-0.2, 0) is 16.0 Å².